The van der Waals surface area contributed by atoms with Gasteiger partial charge in [-0.25, -0.2) is 4.79 Å². The quantitative estimate of drug-likeness (QED) is 0.748. The Kier molecular flexibility index (Phi) is 6.60. The van der Waals surface area contributed by atoms with Crippen LogP contribution in [0.15, 0.2) is 42.5 Å². The van der Waals surface area contributed by atoms with E-state index in [-0.39, 0.29) is 23.8 Å². The van der Waals surface area contributed by atoms with Crippen LogP contribution in [-0.2, 0) is 4.79 Å². The average molecular weight is 357 g/mol. The lowest BCUT2D eigenvalue weighted by molar-refractivity contribution is -0.118. The van der Waals surface area contributed by atoms with Crippen molar-refractivity contribution in [2.75, 3.05) is 19.0 Å². The second kappa shape index (κ2) is 8.89. The van der Waals surface area contributed by atoms with E-state index in [1.54, 1.807) is 0 Å². The van der Waals surface area contributed by atoms with E-state index in [0.29, 0.717) is 17.4 Å². The molecule has 0 saturated heterocycles. The second-order valence-corrected chi connectivity index (χ2v) is 5.90. The Hall–Kier alpha value is -3.02. The van der Waals surface area contributed by atoms with Crippen LogP contribution in [0.2, 0.25) is 0 Å². The third-order valence-corrected chi connectivity index (χ3v) is 4.14. The maximum atomic E-state index is 12.2. The van der Waals surface area contributed by atoms with Crippen LogP contribution >= 0.6 is 0 Å². The van der Waals surface area contributed by atoms with Crippen molar-refractivity contribution in [2.45, 2.75) is 26.2 Å². The molecule has 26 heavy (non-hydrogen) atoms. The third-order valence-electron chi connectivity index (χ3n) is 4.14. The maximum Gasteiger partial charge on any atom is 0.339 e. The zero-order chi connectivity index (χ0) is 19.1. The summed E-state index contributed by atoms with van der Waals surface area (Å²) in [4.78, 5) is 23.3. The zero-order valence-corrected chi connectivity index (χ0v) is 15.1. The highest BCUT2D eigenvalue weighted by atomic mass is 16.5. The number of carboxylic acid groups (broad SMARTS) is 1. The van der Waals surface area contributed by atoms with Gasteiger partial charge in [-0.3, -0.25) is 4.79 Å². The normalized spacial score (nSPS) is 11.5. The molecule has 0 fully saturated rings. The minimum absolute atomic E-state index is 0.0317. The molecule has 0 aliphatic heterocycles. The Balaban J connectivity index is 2.03. The molecule has 138 valence electrons. The number of carbonyl (C=O) groups is 2. The fourth-order valence-corrected chi connectivity index (χ4v) is 2.53. The van der Waals surface area contributed by atoms with Crippen LogP contribution in [0, 0.1) is 0 Å². The highest BCUT2D eigenvalue weighted by molar-refractivity contribution is 5.95. The number of para-hydroxylation sites is 1. The van der Waals surface area contributed by atoms with E-state index < -0.39 is 5.97 Å². The van der Waals surface area contributed by atoms with Crippen molar-refractivity contribution in [1.82, 2.24) is 0 Å². The number of anilines is 1. The first-order chi connectivity index (χ1) is 12.5. The summed E-state index contributed by atoms with van der Waals surface area (Å²) in [6, 6.07) is 12.0. The molecular formula is C20H23NO5. The number of methoxy groups -OCH3 is 1. The van der Waals surface area contributed by atoms with Crippen LogP contribution in [-0.4, -0.2) is 30.7 Å². The second-order valence-electron chi connectivity index (χ2n) is 5.90. The highest BCUT2D eigenvalue weighted by Gasteiger charge is 2.14. The topological polar surface area (TPSA) is 84.9 Å². The fraction of sp³-hybridized carbons (Fsp3) is 0.300. The Bertz CT molecular complexity index is 788. The smallest absolute Gasteiger partial charge is 0.339 e. The summed E-state index contributed by atoms with van der Waals surface area (Å²) in [7, 11) is 1.38. The van der Waals surface area contributed by atoms with Gasteiger partial charge >= 0.3 is 5.97 Å². The van der Waals surface area contributed by atoms with Crippen molar-refractivity contribution >= 4 is 17.6 Å². The van der Waals surface area contributed by atoms with Gasteiger partial charge in [0.15, 0.2) is 6.61 Å². The van der Waals surface area contributed by atoms with Gasteiger partial charge in [-0.2, -0.15) is 0 Å². The van der Waals surface area contributed by atoms with Gasteiger partial charge in [0.25, 0.3) is 5.91 Å². The van der Waals surface area contributed by atoms with Crippen molar-refractivity contribution in [2.24, 2.45) is 0 Å². The number of nitrogens with one attached hydrogen (secondary N) is 1. The first-order valence-corrected chi connectivity index (χ1v) is 8.39. The minimum atomic E-state index is -1.09. The van der Waals surface area contributed by atoms with Gasteiger partial charge in [-0.05, 0) is 36.1 Å². The summed E-state index contributed by atoms with van der Waals surface area (Å²) >= 11 is 0. The van der Waals surface area contributed by atoms with E-state index in [4.69, 9.17) is 14.6 Å². The lowest BCUT2D eigenvalue weighted by Crippen LogP contribution is -2.20. The first-order valence-electron chi connectivity index (χ1n) is 8.39. The lowest BCUT2D eigenvalue weighted by Gasteiger charge is -2.15. The maximum absolute atomic E-state index is 12.2. The lowest BCUT2D eigenvalue weighted by atomic mass is 9.98. The molecule has 2 rings (SSSR count). The van der Waals surface area contributed by atoms with E-state index in [9.17, 15) is 9.59 Å². The van der Waals surface area contributed by atoms with E-state index in [1.807, 2.05) is 24.3 Å². The number of ether oxygens (including phenoxy) is 2. The molecule has 6 nitrogen and oxygen atoms in total. The van der Waals surface area contributed by atoms with Gasteiger partial charge in [-0.15, -0.1) is 0 Å². The number of benzene rings is 2. The van der Waals surface area contributed by atoms with Crippen LogP contribution in [0.4, 0.5) is 5.69 Å². The molecule has 1 atom stereocenters. The fourth-order valence-electron chi connectivity index (χ4n) is 2.53. The number of hydrogen-bond donors (Lipinski definition) is 2. The summed E-state index contributed by atoms with van der Waals surface area (Å²) in [6.45, 7) is 4.07. The summed E-state index contributed by atoms with van der Waals surface area (Å²) in [5.74, 6) is -0.227. The number of amides is 1. The predicted octanol–water partition coefficient (Wildman–Crippen LogP) is 3.92. The first kappa shape index (κ1) is 19.3. The van der Waals surface area contributed by atoms with E-state index in [2.05, 4.69) is 19.2 Å². The molecule has 0 aliphatic rings. The molecule has 1 unspecified atom stereocenters. The van der Waals surface area contributed by atoms with Gasteiger partial charge < -0.3 is 19.9 Å². The van der Waals surface area contributed by atoms with Crippen LogP contribution in [0.3, 0.4) is 0 Å². The van der Waals surface area contributed by atoms with Gasteiger partial charge in [0, 0.05) is 11.8 Å². The summed E-state index contributed by atoms with van der Waals surface area (Å²) in [5, 5.41) is 11.8. The Morgan fingerprint density at radius 1 is 1.15 bits per heavy atom. The van der Waals surface area contributed by atoms with Gasteiger partial charge in [-0.1, -0.05) is 32.0 Å². The summed E-state index contributed by atoms with van der Waals surface area (Å²) in [6.07, 6.45) is 0.974. The van der Waals surface area contributed by atoms with Crippen LogP contribution < -0.4 is 14.8 Å². The number of aromatic carboxylic acids is 1. The van der Waals surface area contributed by atoms with Crippen molar-refractivity contribution in [3.63, 3.8) is 0 Å². The van der Waals surface area contributed by atoms with Crippen molar-refractivity contribution < 1.29 is 24.2 Å². The largest absolute Gasteiger partial charge is 0.496 e. The van der Waals surface area contributed by atoms with E-state index in [1.165, 1.54) is 25.3 Å². The number of rotatable bonds is 8. The molecule has 0 spiro atoms. The minimum Gasteiger partial charge on any atom is -0.496 e. The van der Waals surface area contributed by atoms with Crippen LogP contribution in [0.5, 0.6) is 11.5 Å². The number of carboxylic acids is 1. The molecule has 0 bridgehead atoms. The van der Waals surface area contributed by atoms with Crippen LogP contribution in [0.1, 0.15) is 42.1 Å². The van der Waals surface area contributed by atoms with Crippen molar-refractivity contribution in [1.29, 1.82) is 0 Å². The summed E-state index contributed by atoms with van der Waals surface area (Å²) < 4.78 is 10.7. The third kappa shape index (κ3) is 4.75. The number of carbonyl (C=O) groups excluding carboxylic acids is 1. The molecule has 0 saturated carbocycles. The monoisotopic (exact) mass is 357 g/mol. The standard InChI is InChI=1S/C20H23NO5/c1-4-13(2)15-7-5-6-8-17(15)26-12-19(22)21-14-9-10-16(20(23)24)18(11-14)25-3/h5-11,13H,4,12H2,1-3H3,(H,21,22)(H,23,24). The molecular weight excluding hydrogens is 334 g/mol. The Labute approximate surface area is 152 Å². The average Bonchev–Trinajstić information content (AvgIpc) is 2.65. The molecule has 0 aromatic heterocycles. The summed E-state index contributed by atoms with van der Waals surface area (Å²) in [5.41, 5.74) is 1.54. The van der Waals surface area contributed by atoms with Gasteiger partial charge in [0.1, 0.15) is 17.1 Å². The van der Waals surface area contributed by atoms with E-state index in [0.717, 1.165) is 12.0 Å². The van der Waals surface area contributed by atoms with Crippen molar-refractivity contribution in [3.05, 3.63) is 53.6 Å². The van der Waals surface area contributed by atoms with Crippen LogP contribution in [0.25, 0.3) is 0 Å². The Morgan fingerprint density at radius 3 is 2.54 bits per heavy atom. The van der Waals surface area contributed by atoms with Crippen molar-refractivity contribution in [3.8, 4) is 11.5 Å². The molecule has 6 heteroatoms. The Morgan fingerprint density at radius 2 is 1.88 bits per heavy atom. The molecule has 1 amide bonds. The zero-order valence-electron chi connectivity index (χ0n) is 15.1. The van der Waals surface area contributed by atoms with Gasteiger partial charge in [0.05, 0.1) is 7.11 Å². The molecule has 2 aromatic rings. The predicted molar refractivity (Wildman–Crippen MR) is 99.2 cm³/mol. The molecule has 2 N–H and O–H groups in total. The molecule has 0 radical (unpaired) electrons. The SMILES string of the molecule is CCC(C)c1ccccc1OCC(=O)Nc1ccc(C(=O)O)c(OC)c1. The van der Waals surface area contributed by atoms with E-state index >= 15 is 0 Å². The number of hydrogen-bond acceptors (Lipinski definition) is 4. The molecule has 0 heterocycles. The van der Waals surface area contributed by atoms with Gasteiger partial charge in [0.2, 0.25) is 0 Å². The molecule has 2 aromatic carbocycles. The highest BCUT2D eigenvalue weighted by Crippen LogP contribution is 2.28. The molecule has 0 aliphatic carbocycles.